The second-order valence-corrected chi connectivity index (χ2v) is 7.27. The molecule has 62 valence electrons. The van der Waals surface area contributed by atoms with Gasteiger partial charge in [0.1, 0.15) is 0 Å². The topological polar surface area (TPSA) is 38.0 Å². The Hall–Kier alpha value is 0.717. The van der Waals surface area contributed by atoms with Crippen molar-refractivity contribution in [3.05, 3.63) is 0 Å². The largest absolute Gasteiger partial charge is 0.316 e. The van der Waals surface area contributed by atoms with Crippen LogP contribution < -0.4 is 11.1 Å². The lowest BCUT2D eigenvalue weighted by Gasteiger charge is -2.18. The van der Waals surface area contributed by atoms with E-state index >= 15 is 0 Å². The number of rotatable bonds is 4. The fourth-order valence-corrected chi connectivity index (χ4v) is 3.02. The molecule has 5 heteroatoms. The molecule has 2 atom stereocenters. The molecule has 0 bridgehead atoms. The van der Waals surface area contributed by atoms with Crippen molar-refractivity contribution in [2.75, 3.05) is 0 Å². The molecule has 0 radical (unpaired) electrons. The Kier molecular flexibility index (Phi) is 5.76. The van der Waals surface area contributed by atoms with Crippen LogP contribution in [0.5, 0.6) is 0 Å². The molecule has 0 fully saturated rings. The highest BCUT2D eigenvalue weighted by Gasteiger charge is 2.17. The van der Waals surface area contributed by atoms with Gasteiger partial charge in [0.15, 0.2) is 0 Å². The Morgan fingerprint density at radius 3 is 2.20 bits per heavy atom. The maximum absolute atomic E-state index is 5.77. The van der Waals surface area contributed by atoms with Crippen LogP contribution in [0.15, 0.2) is 0 Å². The molecule has 0 saturated carbocycles. The van der Waals surface area contributed by atoms with Crippen LogP contribution in [0.1, 0.15) is 20.3 Å². The van der Waals surface area contributed by atoms with Crippen LogP contribution in [-0.4, -0.2) is 19.2 Å². The smallest absolute Gasteiger partial charge is 0.253 e. The standard InChI is InChI=1S/C5H14Cl2N2Si/c1-3-5(10(6)7)9-4(2)8/h4-5,9-10H,3,8H2,1-2H3. The Morgan fingerprint density at radius 1 is 1.60 bits per heavy atom. The Morgan fingerprint density at radius 2 is 2.10 bits per heavy atom. The van der Waals surface area contributed by atoms with Gasteiger partial charge in [0.2, 0.25) is 0 Å². The van der Waals surface area contributed by atoms with Crippen molar-refractivity contribution < 1.29 is 0 Å². The number of halogens is 2. The summed E-state index contributed by atoms with van der Waals surface area (Å²) in [5, 5.41) is 3.10. The number of hydrogen-bond donors (Lipinski definition) is 2. The highest BCUT2D eigenvalue weighted by molar-refractivity contribution is 7.34. The molecule has 0 rings (SSSR count). The summed E-state index contributed by atoms with van der Waals surface area (Å²) >= 11 is 11.5. The van der Waals surface area contributed by atoms with E-state index in [4.69, 9.17) is 27.9 Å². The molecule has 0 aromatic rings. The zero-order valence-corrected chi connectivity index (χ0v) is 8.94. The molecular formula is C5H14Cl2N2Si. The van der Waals surface area contributed by atoms with Crippen molar-refractivity contribution in [1.29, 1.82) is 0 Å². The minimum atomic E-state index is -1.59. The number of nitrogens with two attached hydrogens (primary N) is 1. The van der Waals surface area contributed by atoms with Gasteiger partial charge in [-0.15, -0.1) is 22.2 Å². The third-order valence-electron chi connectivity index (χ3n) is 1.22. The average Bonchev–Trinajstić information content (AvgIpc) is 1.81. The third kappa shape index (κ3) is 4.52. The van der Waals surface area contributed by atoms with Gasteiger partial charge in [0.25, 0.3) is 7.42 Å². The van der Waals surface area contributed by atoms with Gasteiger partial charge < -0.3 is 5.73 Å². The predicted octanol–water partition coefficient (Wildman–Crippen LogP) is 0.897. The van der Waals surface area contributed by atoms with E-state index in [1.165, 1.54) is 0 Å². The van der Waals surface area contributed by atoms with Gasteiger partial charge in [-0.2, -0.15) is 0 Å². The summed E-state index contributed by atoms with van der Waals surface area (Å²) in [5.74, 6) is 0. The summed E-state index contributed by atoms with van der Waals surface area (Å²) in [6.07, 6.45) is 0.934. The zero-order chi connectivity index (χ0) is 8.15. The first-order chi connectivity index (χ1) is 4.57. The minimum Gasteiger partial charge on any atom is -0.316 e. The van der Waals surface area contributed by atoms with Crippen molar-refractivity contribution in [2.24, 2.45) is 5.73 Å². The molecule has 3 N–H and O–H groups in total. The van der Waals surface area contributed by atoms with Crippen LogP contribution in [0.25, 0.3) is 0 Å². The van der Waals surface area contributed by atoms with Crippen LogP contribution in [0, 0.1) is 0 Å². The molecule has 0 aromatic heterocycles. The molecule has 0 aliphatic heterocycles. The first-order valence-corrected chi connectivity index (χ1v) is 7.53. The van der Waals surface area contributed by atoms with Gasteiger partial charge in [0.05, 0.1) is 6.17 Å². The van der Waals surface area contributed by atoms with E-state index in [-0.39, 0.29) is 11.8 Å². The lowest BCUT2D eigenvalue weighted by Crippen LogP contribution is -2.46. The average molecular weight is 201 g/mol. The maximum Gasteiger partial charge on any atom is 0.253 e. The van der Waals surface area contributed by atoms with Gasteiger partial charge in [-0.3, -0.25) is 5.32 Å². The minimum absolute atomic E-state index is 0.0163. The van der Waals surface area contributed by atoms with Crippen LogP contribution in [-0.2, 0) is 0 Å². The van der Waals surface area contributed by atoms with Crippen molar-refractivity contribution in [3.8, 4) is 0 Å². The van der Waals surface area contributed by atoms with E-state index in [9.17, 15) is 0 Å². The van der Waals surface area contributed by atoms with E-state index in [0.717, 1.165) is 6.42 Å². The first kappa shape index (κ1) is 10.7. The first-order valence-electron chi connectivity index (χ1n) is 3.37. The summed E-state index contributed by atoms with van der Waals surface area (Å²) in [5.41, 5.74) is 5.74. The Bertz CT molecular complexity index is 89.7. The monoisotopic (exact) mass is 200 g/mol. The van der Waals surface area contributed by atoms with Crippen LogP contribution in [0.2, 0.25) is 0 Å². The fraction of sp³-hybridized carbons (Fsp3) is 1.00. The zero-order valence-electron chi connectivity index (χ0n) is 6.27. The quantitative estimate of drug-likeness (QED) is 0.403. The number of hydrogen-bond acceptors (Lipinski definition) is 2. The molecule has 10 heavy (non-hydrogen) atoms. The molecular weight excluding hydrogens is 187 g/mol. The summed E-state index contributed by atoms with van der Waals surface area (Å²) in [4.78, 5) is 0. The molecule has 0 aliphatic rings. The van der Waals surface area contributed by atoms with Crippen molar-refractivity contribution in [2.45, 2.75) is 32.1 Å². The SMILES string of the molecule is CCC(NC(C)N)[SiH](Cl)Cl. The van der Waals surface area contributed by atoms with Crippen molar-refractivity contribution in [3.63, 3.8) is 0 Å². The van der Waals surface area contributed by atoms with Crippen molar-refractivity contribution >= 4 is 29.6 Å². The Labute approximate surface area is 73.1 Å². The van der Waals surface area contributed by atoms with Crippen LogP contribution in [0.4, 0.5) is 0 Å². The highest BCUT2D eigenvalue weighted by Crippen LogP contribution is 2.05. The van der Waals surface area contributed by atoms with E-state index in [1.807, 2.05) is 13.8 Å². The second kappa shape index (κ2) is 5.38. The second-order valence-electron chi connectivity index (χ2n) is 2.30. The Balaban J connectivity index is 3.60. The molecule has 0 spiro atoms. The van der Waals surface area contributed by atoms with E-state index in [2.05, 4.69) is 5.32 Å². The van der Waals surface area contributed by atoms with Crippen LogP contribution >= 0.6 is 22.2 Å². The van der Waals surface area contributed by atoms with Gasteiger partial charge in [-0.05, 0) is 13.3 Å². The lowest BCUT2D eigenvalue weighted by atomic mass is 10.4. The summed E-state index contributed by atoms with van der Waals surface area (Å²) < 4.78 is 0. The summed E-state index contributed by atoms with van der Waals surface area (Å²) in [6.45, 7) is 3.93. The molecule has 0 aromatic carbocycles. The molecule has 0 amide bonds. The van der Waals surface area contributed by atoms with E-state index in [1.54, 1.807) is 0 Å². The van der Waals surface area contributed by atoms with Crippen molar-refractivity contribution in [1.82, 2.24) is 5.32 Å². The highest BCUT2D eigenvalue weighted by atomic mass is 35.7. The van der Waals surface area contributed by atoms with Gasteiger partial charge >= 0.3 is 0 Å². The van der Waals surface area contributed by atoms with Gasteiger partial charge in [0, 0.05) is 5.67 Å². The molecule has 0 heterocycles. The molecule has 0 aliphatic carbocycles. The van der Waals surface area contributed by atoms with Gasteiger partial charge in [-0.1, -0.05) is 6.92 Å². The molecule has 0 saturated heterocycles. The van der Waals surface area contributed by atoms with E-state index in [0.29, 0.717) is 0 Å². The third-order valence-corrected chi connectivity index (χ3v) is 4.32. The normalized spacial score (nSPS) is 17.4. The maximum atomic E-state index is 5.77. The fourth-order valence-electron chi connectivity index (χ4n) is 0.706. The van der Waals surface area contributed by atoms with Gasteiger partial charge in [-0.25, -0.2) is 0 Å². The summed E-state index contributed by atoms with van der Waals surface area (Å²) in [7, 11) is -1.59. The molecule has 2 unspecified atom stereocenters. The number of nitrogens with one attached hydrogen (secondary N) is 1. The van der Waals surface area contributed by atoms with E-state index < -0.39 is 7.42 Å². The molecule has 2 nitrogen and oxygen atoms in total. The summed E-state index contributed by atoms with van der Waals surface area (Å²) in [6, 6.07) is 0. The lowest BCUT2D eigenvalue weighted by molar-refractivity contribution is 0.527. The van der Waals surface area contributed by atoms with Crippen LogP contribution in [0.3, 0.4) is 0 Å². The predicted molar refractivity (Wildman–Crippen MR) is 49.7 cm³/mol.